The Balaban J connectivity index is 2.23. The summed E-state index contributed by atoms with van der Waals surface area (Å²) >= 11 is 5.19. The number of aromatic nitrogens is 2. The molecule has 2 aromatic rings. The number of hydrogen-bond acceptors (Lipinski definition) is 6. The third-order valence-corrected chi connectivity index (χ3v) is 4.42. The molecular formula is C18H25N5O2S. The molecule has 8 heteroatoms. The average Bonchev–Trinajstić information content (AvgIpc) is 2.62. The molecule has 0 unspecified atom stereocenters. The van der Waals surface area contributed by atoms with Crippen LogP contribution in [0.5, 0.6) is 5.88 Å². The van der Waals surface area contributed by atoms with E-state index in [1.165, 1.54) is 10.8 Å². The average molecular weight is 375 g/mol. The molecule has 0 saturated heterocycles. The highest BCUT2D eigenvalue weighted by molar-refractivity contribution is 7.71. The lowest BCUT2D eigenvalue weighted by molar-refractivity contribution is 0.303. The van der Waals surface area contributed by atoms with E-state index in [-0.39, 0.29) is 16.2 Å². The molecule has 1 aromatic carbocycles. The van der Waals surface area contributed by atoms with Crippen molar-refractivity contribution in [1.82, 2.24) is 19.9 Å². The van der Waals surface area contributed by atoms with E-state index in [4.69, 9.17) is 12.2 Å². The van der Waals surface area contributed by atoms with Crippen LogP contribution >= 0.6 is 12.2 Å². The molecular weight excluding hydrogens is 350 g/mol. The maximum Gasteiger partial charge on any atom is 0.264 e. The first kappa shape index (κ1) is 19.9. The van der Waals surface area contributed by atoms with Gasteiger partial charge in [0, 0.05) is 13.1 Å². The van der Waals surface area contributed by atoms with Crippen LogP contribution in [0.4, 0.5) is 0 Å². The highest BCUT2D eigenvalue weighted by Gasteiger charge is 2.12. The summed E-state index contributed by atoms with van der Waals surface area (Å²) in [5, 5.41) is 14.6. The first-order valence-electron chi connectivity index (χ1n) is 8.61. The Kier molecular flexibility index (Phi) is 7.11. The number of H-pyrrole nitrogens is 1. The second-order valence-electron chi connectivity index (χ2n) is 5.86. The molecule has 7 nitrogen and oxygen atoms in total. The fourth-order valence-electron chi connectivity index (χ4n) is 2.51. The van der Waals surface area contributed by atoms with Gasteiger partial charge in [-0.05, 0) is 44.4 Å². The van der Waals surface area contributed by atoms with Crippen LogP contribution in [0.15, 0.2) is 34.2 Å². The Morgan fingerprint density at radius 2 is 1.96 bits per heavy atom. The van der Waals surface area contributed by atoms with Gasteiger partial charge in [0.25, 0.3) is 5.56 Å². The van der Waals surface area contributed by atoms with E-state index in [2.05, 4.69) is 34.3 Å². The summed E-state index contributed by atoms with van der Waals surface area (Å²) in [6, 6.07) is 7.47. The van der Waals surface area contributed by atoms with E-state index in [0.717, 1.165) is 25.2 Å². The maximum absolute atomic E-state index is 12.1. The van der Waals surface area contributed by atoms with Crippen molar-refractivity contribution < 1.29 is 5.11 Å². The quantitative estimate of drug-likeness (QED) is 0.285. The van der Waals surface area contributed by atoms with Crippen molar-refractivity contribution in [3.05, 3.63) is 50.5 Å². The van der Waals surface area contributed by atoms with Crippen LogP contribution in [-0.2, 0) is 0 Å². The summed E-state index contributed by atoms with van der Waals surface area (Å²) in [7, 11) is 0. The fourth-order valence-corrected chi connectivity index (χ4v) is 2.80. The second kappa shape index (κ2) is 9.30. The molecule has 0 bridgehead atoms. The van der Waals surface area contributed by atoms with Crippen LogP contribution in [-0.4, -0.2) is 52.0 Å². The Morgan fingerprint density at radius 1 is 1.31 bits per heavy atom. The molecule has 0 spiro atoms. The lowest BCUT2D eigenvalue weighted by atomic mass is 10.2. The van der Waals surface area contributed by atoms with Gasteiger partial charge < -0.3 is 15.4 Å². The van der Waals surface area contributed by atoms with Crippen molar-refractivity contribution in [2.45, 2.75) is 20.8 Å². The van der Waals surface area contributed by atoms with Gasteiger partial charge in [-0.25, -0.2) is 0 Å². The number of hydrogen-bond donors (Lipinski definition) is 3. The monoisotopic (exact) mass is 375 g/mol. The third kappa shape index (κ3) is 4.80. The zero-order valence-electron chi connectivity index (χ0n) is 15.3. The summed E-state index contributed by atoms with van der Waals surface area (Å²) in [4.78, 5) is 17.0. The molecule has 0 atom stereocenters. The molecule has 0 radical (unpaired) electrons. The number of hydrazone groups is 1. The predicted octanol–water partition coefficient (Wildman–Crippen LogP) is 2.17. The van der Waals surface area contributed by atoms with Crippen molar-refractivity contribution in [3.63, 3.8) is 0 Å². The van der Waals surface area contributed by atoms with Gasteiger partial charge in [0.15, 0.2) is 4.77 Å². The topological polar surface area (TPSA) is 85.7 Å². The van der Waals surface area contributed by atoms with Crippen molar-refractivity contribution in [2.75, 3.05) is 26.2 Å². The summed E-state index contributed by atoms with van der Waals surface area (Å²) < 4.78 is 1.54. The largest absolute Gasteiger partial charge is 0.494 e. The van der Waals surface area contributed by atoms with Gasteiger partial charge >= 0.3 is 0 Å². The first-order valence-corrected chi connectivity index (χ1v) is 9.02. The van der Waals surface area contributed by atoms with Crippen LogP contribution in [0, 0.1) is 11.7 Å². The number of nitrogens with zero attached hydrogens (tertiary/aromatic N) is 3. The Hall–Kier alpha value is -2.45. The van der Waals surface area contributed by atoms with E-state index >= 15 is 0 Å². The van der Waals surface area contributed by atoms with Crippen molar-refractivity contribution >= 4 is 18.4 Å². The summed E-state index contributed by atoms with van der Waals surface area (Å²) in [5.41, 5.74) is 4.22. The number of nitrogens with one attached hydrogen (secondary N) is 2. The maximum atomic E-state index is 12.1. The molecule has 0 aliphatic carbocycles. The van der Waals surface area contributed by atoms with Gasteiger partial charge in [0.1, 0.15) is 5.56 Å². The van der Waals surface area contributed by atoms with Crippen LogP contribution < -0.4 is 11.0 Å². The summed E-state index contributed by atoms with van der Waals surface area (Å²) in [5.74, 6) is -0.239. The molecule has 2 rings (SSSR count). The minimum Gasteiger partial charge on any atom is -0.494 e. The van der Waals surface area contributed by atoms with Gasteiger partial charge in [-0.2, -0.15) is 5.10 Å². The van der Waals surface area contributed by atoms with Crippen LogP contribution in [0.1, 0.15) is 25.0 Å². The Labute approximate surface area is 158 Å². The van der Waals surface area contributed by atoms with Crippen LogP contribution in [0.2, 0.25) is 0 Å². The molecule has 0 aliphatic heterocycles. The van der Waals surface area contributed by atoms with Gasteiger partial charge in [-0.1, -0.05) is 31.5 Å². The van der Waals surface area contributed by atoms with E-state index in [1.54, 1.807) is 0 Å². The number of rotatable bonds is 8. The zero-order chi connectivity index (χ0) is 19.1. The third-order valence-electron chi connectivity index (χ3n) is 4.13. The SMILES string of the molecule is CCN(CC)CCN/N=C/c1c(O)n(-c2ccc(C)cc2)c(=S)[nH]c1=O. The van der Waals surface area contributed by atoms with Crippen LogP contribution in [0.3, 0.4) is 0 Å². The first-order chi connectivity index (χ1) is 12.5. The van der Waals surface area contributed by atoms with E-state index < -0.39 is 5.56 Å². The second-order valence-corrected chi connectivity index (χ2v) is 6.25. The van der Waals surface area contributed by atoms with E-state index in [0.29, 0.717) is 12.2 Å². The fraction of sp³-hybridized carbons (Fsp3) is 0.389. The number of aromatic hydroxyl groups is 1. The number of benzene rings is 1. The molecule has 0 fully saturated rings. The molecule has 26 heavy (non-hydrogen) atoms. The molecule has 1 aromatic heterocycles. The molecule has 3 N–H and O–H groups in total. The Bertz CT molecular complexity index is 867. The molecule has 1 heterocycles. The lowest BCUT2D eigenvalue weighted by Crippen LogP contribution is -2.30. The van der Waals surface area contributed by atoms with Gasteiger partial charge in [0.2, 0.25) is 5.88 Å². The van der Waals surface area contributed by atoms with E-state index in [9.17, 15) is 9.90 Å². The van der Waals surface area contributed by atoms with Crippen molar-refractivity contribution in [3.8, 4) is 11.6 Å². The minimum atomic E-state index is -0.481. The molecule has 140 valence electrons. The summed E-state index contributed by atoms with van der Waals surface area (Å²) in [6.45, 7) is 9.61. The van der Waals surface area contributed by atoms with Gasteiger partial charge in [-0.3, -0.25) is 14.3 Å². The minimum absolute atomic E-state index is 0.0505. The van der Waals surface area contributed by atoms with Crippen molar-refractivity contribution in [2.24, 2.45) is 5.10 Å². The zero-order valence-corrected chi connectivity index (χ0v) is 16.1. The number of likely N-dealkylation sites (N-methyl/N-ethyl adjacent to an activating group) is 1. The highest BCUT2D eigenvalue weighted by atomic mass is 32.1. The smallest absolute Gasteiger partial charge is 0.264 e. The molecule has 0 aliphatic rings. The highest BCUT2D eigenvalue weighted by Crippen LogP contribution is 2.18. The predicted molar refractivity (Wildman–Crippen MR) is 107 cm³/mol. The number of aryl methyl sites for hydroxylation is 1. The molecule has 0 saturated carbocycles. The normalized spacial score (nSPS) is 11.4. The standard InChI is InChI=1S/C18H25N5O2S/c1-4-22(5-2)11-10-19-20-12-15-16(24)21-18(26)23(17(15)25)14-8-6-13(3)7-9-14/h6-9,12,19,25H,4-5,10-11H2,1-3H3,(H,21,24,26)/b20-12+. The number of aromatic amines is 1. The molecule has 0 amide bonds. The van der Waals surface area contributed by atoms with E-state index in [1.807, 2.05) is 31.2 Å². The summed E-state index contributed by atoms with van der Waals surface area (Å²) in [6.07, 6.45) is 1.32. The lowest BCUT2D eigenvalue weighted by Gasteiger charge is -2.17. The van der Waals surface area contributed by atoms with Gasteiger partial charge in [-0.15, -0.1) is 0 Å². The van der Waals surface area contributed by atoms with Crippen molar-refractivity contribution in [1.29, 1.82) is 0 Å². The van der Waals surface area contributed by atoms with Crippen LogP contribution in [0.25, 0.3) is 5.69 Å². The van der Waals surface area contributed by atoms with Gasteiger partial charge in [0.05, 0.1) is 11.9 Å². The Morgan fingerprint density at radius 3 is 2.58 bits per heavy atom.